The zero-order chi connectivity index (χ0) is 13.4. The molecule has 18 heavy (non-hydrogen) atoms. The van der Waals surface area contributed by atoms with Gasteiger partial charge >= 0.3 is 5.97 Å². The fraction of sp³-hybridized carbons (Fsp3) is 0.909. The molecule has 0 bridgehead atoms. The fourth-order valence-electron chi connectivity index (χ4n) is 1.50. The van der Waals surface area contributed by atoms with Gasteiger partial charge in [0, 0.05) is 0 Å². The third-order valence-electron chi connectivity index (χ3n) is 2.28. The van der Waals surface area contributed by atoms with Gasteiger partial charge in [0.2, 0.25) is 0 Å². The van der Waals surface area contributed by atoms with E-state index in [-0.39, 0.29) is 7.43 Å². The SMILES string of the molecule is C.CC(C)(C)OC1OC(C(=O)O)C(O)C(O)C1O. The van der Waals surface area contributed by atoms with Crippen LogP contribution in [0.2, 0.25) is 0 Å². The highest BCUT2D eigenvalue weighted by atomic mass is 16.7. The quantitative estimate of drug-likeness (QED) is 0.523. The third-order valence-corrected chi connectivity index (χ3v) is 2.28. The Morgan fingerprint density at radius 1 is 1.11 bits per heavy atom. The van der Waals surface area contributed by atoms with Crippen LogP contribution in [-0.2, 0) is 14.3 Å². The molecular formula is C11H22O7. The Labute approximate surface area is 106 Å². The Balaban J connectivity index is 0.00000289. The molecule has 0 aromatic heterocycles. The van der Waals surface area contributed by atoms with Gasteiger partial charge in [-0.3, -0.25) is 0 Å². The second kappa shape index (κ2) is 5.94. The number of hydrogen-bond donors (Lipinski definition) is 4. The topological polar surface area (TPSA) is 116 Å². The van der Waals surface area contributed by atoms with Crippen molar-refractivity contribution in [3.63, 3.8) is 0 Å². The maximum Gasteiger partial charge on any atom is 0.335 e. The van der Waals surface area contributed by atoms with Crippen LogP contribution in [0, 0.1) is 0 Å². The van der Waals surface area contributed by atoms with Crippen molar-refractivity contribution < 1.29 is 34.7 Å². The van der Waals surface area contributed by atoms with Gasteiger partial charge in [0.05, 0.1) is 5.60 Å². The zero-order valence-corrected chi connectivity index (χ0v) is 9.90. The number of aliphatic hydroxyl groups excluding tert-OH is 3. The van der Waals surface area contributed by atoms with E-state index in [4.69, 9.17) is 14.6 Å². The first-order valence-electron chi connectivity index (χ1n) is 5.24. The lowest BCUT2D eigenvalue weighted by atomic mass is 9.98. The Morgan fingerprint density at radius 3 is 2.00 bits per heavy atom. The molecule has 1 heterocycles. The molecule has 0 saturated carbocycles. The van der Waals surface area contributed by atoms with Gasteiger partial charge in [-0.25, -0.2) is 4.79 Å². The van der Waals surface area contributed by atoms with Gasteiger partial charge in [-0.1, -0.05) is 7.43 Å². The molecule has 0 aromatic carbocycles. The van der Waals surface area contributed by atoms with E-state index in [2.05, 4.69) is 0 Å². The summed E-state index contributed by atoms with van der Waals surface area (Å²) in [5.74, 6) is -1.43. The van der Waals surface area contributed by atoms with E-state index < -0.39 is 42.3 Å². The monoisotopic (exact) mass is 266 g/mol. The molecule has 1 fully saturated rings. The third kappa shape index (κ3) is 3.89. The largest absolute Gasteiger partial charge is 0.479 e. The molecule has 108 valence electrons. The van der Waals surface area contributed by atoms with E-state index in [0.29, 0.717) is 0 Å². The van der Waals surface area contributed by atoms with Crippen LogP contribution < -0.4 is 0 Å². The highest BCUT2D eigenvalue weighted by Gasteiger charge is 2.48. The first kappa shape index (κ1) is 17.3. The van der Waals surface area contributed by atoms with Crippen LogP contribution in [0.3, 0.4) is 0 Å². The maximum absolute atomic E-state index is 10.8. The van der Waals surface area contributed by atoms with Crippen LogP contribution in [0.25, 0.3) is 0 Å². The second-order valence-corrected chi connectivity index (χ2v) is 4.97. The molecular weight excluding hydrogens is 244 g/mol. The van der Waals surface area contributed by atoms with Crippen molar-refractivity contribution in [2.24, 2.45) is 0 Å². The van der Waals surface area contributed by atoms with Gasteiger partial charge in [0.15, 0.2) is 12.4 Å². The Kier molecular flexibility index (Phi) is 5.70. The molecule has 5 atom stereocenters. The predicted octanol–water partition coefficient (Wildman–Crippen LogP) is -0.670. The lowest BCUT2D eigenvalue weighted by Crippen LogP contribution is -2.61. The highest BCUT2D eigenvalue weighted by Crippen LogP contribution is 2.25. The minimum Gasteiger partial charge on any atom is -0.479 e. The Morgan fingerprint density at radius 2 is 1.61 bits per heavy atom. The zero-order valence-electron chi connectivity index (χ0n) is 9.90. The van der Waals surface area contributed by atoms with Crippen LogP contribution in [0.4, 0.5) is 0 Å². The number of aliphatic carboxylic acids is 1. The number of hydrogen-bond acceptors (Lipinski definition) is 6. The van der Waals surface area contributed by atoms with Crippen molar-refractivity contribution in [3.05, 3.63) is 0 Å². The van der Waals surface area contributed by atoms with Crippen molar-refractivity contribution in [3.8, 4) is 0 Å². The summed E-state index contributed by atoms with van der Waals surface area (Å²) in [5.41, 5.74) is -0.684. The molecule has 4 N–H and O–H groups in total. The number of carboxylic acid groups (broad SMARTS) is 1. The van der Waals surface area contributed by atoms with Crippen molar-refractivity contribution in [2.45, 2.75) is 64.5 Å². The molecule has 0 radical (unpaired) electrons. The molecule has 7 heteroatoms. The van der Waals surface area contributed by atoms with Crippen LogP contribution >= 0.6 is 0 Å². The average molecular weight is 266 g/mol. The van der Waals surface area contributed by atoms with Crippen molar-refractivity contribution >= 4 is 5.97 Å². The summed E-state index contributed by atoms with van der Waals surface area (Å²) in [6, 6.07) is 0. The van der Waals surface area contributed by atoms with E-state index in [1.54, 1.807) is 20.8 Å². The van der Waals surface area contributed by atoms with Gasteiger partial charge in [-0.15, -0.1) is 0 Å². The number of rotatable bonds is 2. The van der Waals surface area contributed by atoms with Gasteiger partial charge in [-0.2, -0.15) is 0 Å². The molecule has 0 amide bonds. The Hall–Kier alpha value is -0.730. The van der Waals surface area contributed by atoms with Crippen LogP contribution in [0.1, 0.15) is 28.2 Å². The molecule has 0 aromatic rings. The molecule has 1 aliphatic heterocycles. The molecule has 7 nitrogen and oxygen atoms in total. The van der Waals surface area contributed by atoms with E-state index in [1.807, 2.05) is 0 Å². The summed E-state index contributed by atoms with van der Waals surface area (Å²) < 4.78 is 10.2. The van der Waals surface area contributed by atoms with Gasteiger partial charge in [0.25, 0.3) is 0 Å². The average Bonchev–Trinajstić information content (AvgIpc) is 2.16. The highest BCUT2D eigenvalue weighted by molar-refractivity contribution is 5.73. The predicted molar refractivity (Wildman–Crippen MR) is 61.9 cm³/mol. The van der Waals surface area contributed by atoms with E-state index >= 15 is 0 Å². The van der Waals surface area contributed by atoms with Crippen molar-refractivity contribution in [1.29, 1.82) is 0 Å². The summed E-state index contributed by atoms with van der Waals surface area (Å²) in [6.45, 7) is 5.07. The van der Waals surface area contributed by atoms with Gasteiger partial charge in [0.1, 0.15) is 18.3 Å². The number of carbonyl (C=O) groups is 1. The minimum atomic E-state index is -1.69. The first-order chi connectivity index (χ1) is 7.63. The standard InChI is InChI=1S/C10H18O7.CH4/c1-10(2,3)17-9-6(13)4(11)5(12)7(16-9)8(14)15;/h4-7,9,11-13H,1-3H3,(H,14,15);1H4. The lowest BCUT2D eigenvalue weighted by Gasteiger charge is -2.40. The van der Waals surface area contributed by atoms with Crippen LogP contribution in [0.5, 0.6) is 0 Å². The van der Waals surface area contributed by atoms with Gasteiger partial charge in [-0.05, 0) is 20.8 Å². The summed E-state index contributed by atoms with van der Waals surface area (Å²) in [5, 5.41) is 37.3. The van der Waals surface area contributed by atoms with Crippen molar-refractivity contribution in [1.82, 2.24) is 0 Å². The Bertz CT molecular complexity index is 286. The first-order valence-corrected chi connectivity index (χ1v) is 5.24. The molecule has 1 rings (SSSR count). The normalized spacial score (nSPS) is 36.9. The number of aliphatic hydroxyl groups is 3. The summed E-state index contributed by atoms with van der Waals surface area (Å²) in [6.07, 6.45) is -7.74. The van der Waals surface area contributed by atoms with E-state index in [0.717, 1.165) is 0 Å². The molecule has 1 aliphatic rings. The second-order valence-electron chi connectivity index (χ2n) is 4.97. The smallest absolute Gasteiger partial charge is 0.335 e. The van der Waals surface area contributed by atoms with Crippen LogP contribution in [0.15, 0.2) is 0 Å². The number of carboxylic acids is 1. The van der Waals surface area contributed by atoms with E-state index in [9.17, 15) is 20.1 Å². The molecule has 0 spiro atoms. The number of ether oxygens (including phenoxy) is 2. The minimum absolute atomic E-state index is 0. The summed E-state index contributed by atoms with van der Waals surface area (Å²) in [7, 11) is 0. The van der Waals surface area contributed by atoms with E-state index in [1.165, 1.54) is 0 Å². The molecule has 0 aliphatic carbocycles. The van der Waals surface area contributed by atoms with Gasteiger partial charge < -0.3 is 29.9 Å². The summed E-state index contributed by atoms with van der Waals surface area (Å²) in [4.78, 5) is 10.8. The fourth-order valence-corrected chi connectivity index (χ4v) is 1.50. The molecule has 1 saturated heterocycles. The molecule has 5 unspecified atom stereocenters. The summed E-state index contributed by atoms with van der Waals surface area (Å²) >= 11 is 0. The van der Waals surface area contributed by atoms with Crippen LogP contribution in [-0.4, -0.2) is 62.7 Å². The maximum atomic E-state index is 10.8. The van der Waals surface area contributed by atoms with Crippen molar-refractivity contribution in [2.75, 3.05) is 0 Å². The lowest BCUT2D eigenvalue weighted by molar-refractivity contribution is -0.314.